The molecule has 0 aromatic heterocycles. The highest BCUT2D eigenvalue weighted by atomic mass is 19.1. The molecule has 8 bridgehead atoms. The fraction of sp³-hybridized carbons (Fsp3) is 0.962. The zero-order chi connectivity index (χ0) is 46.9. The third-order valence-corrected chi connectivity index (χ3v) is 22.9. The quantitative estimate of drug-likeness (QED) is 0.188. The number of hydrogen-bond acceptors (Lipinski definition) is 13. The Labute approximate surface area is 403 Å². The molecular weight excluding hydrogens is 867 g/mol. The fourth-order valence-corrected chi connectivity index (χ4v) is 19.5. The SMILES string of the molecule is C[C@]12CC[C@@H](O)C[C@H]1CC[C@@H]1[C@@H]2C(=O)C[C@@]2(C)[C@H]1CC[C@]2(O)C(=O)CO.FC1CCC2C3NC4NC(NC5NC(NC6NC(NC(N3)C2C1)C1CCCCC61)C1CCC(F)CC51)C1CCCCC41. The van der Waals surface area contributed by atoms with Crippen LogP contribution in [0.3, 0.4) is 0 Å². The first-order chi connectivity index (χ1) is 32.8. The number of carbonyl (C=O) groups is 2. The lowest BCUT2D eigenvalue weighted by Gasteiger charge is -2.60. The number of carbonyl (C=O) groups excluding carboxylic acids is 2. The molecule has 13 nitrogen and oxygen atoms in total. The van der Waals surface area contributed by atoms with Gasteiger partial charge in [0.25, 0.3) is 0 Å². The second kappa shape index (κ2) is 18.3. The molecule has 0 amide bonds. The summed E-state index contributed by atoms with van der Waals surface area (Å²) in [5, 5.41) is 63.0. The number of fused-ring (bicyclic) bond motifs is 25. The van der Waals surface area contributed by atoms with E-state index in [0.717, 1.165) is 51.4 Å². The number of rotatable bonds is 2. The number of ketones is 2. The lowest BCUT2D eigenvalue weighted by atomic mass is 9.44. The largest absolute Gasteiger partial charge is 0.393 e. The summed E-state index contributed by atoms with van der Waals surface area (Å²) in [6.45, 7) is 3.46. The van der Waals surface area contributed by atoms with Crippen LogP contribution < -0.4 is 42.5 Å². The molecule has 68 heavy (non-hydrogen) atoms. The van der Waals surface area contributed by atoms with Crippen molar-refractivity contribution >= 4 is 11.6 Å². The van der Waals surface area contributed by atoms with Crippen molar-refractivity contribution in [3.8, 4) is 0 Å². The van der Waals surface area contributed by atoms with Gasteiger partial charge in [0.1, 0.15) is 30.3 Å². The van der Waals surface area contributed by atoms with Crippen LogP contribution in [0, 0.1) is 81.8 Å². The summed E-state index contributed by atoms with van der Waals surface area (Å²) in [6.07, 6.45) is 20.4. The first-order valence-corrected chi connectivity index (χ1v) is 28.2. The Hall–Kier alpha value is -1.24. The Morgan fingerprint density at radius 3 is 1.40 bits per heavy atom. The maximum absolute atomic E-state index is 14.9. The van der Waals surface area contributed by atoms with E-state index in [1.54, 1.807) is 0 Å². The van der Waals surface area contributed by atoms with Gasteiger partial charge in [-0.15, -0.1) is 0 Å². The van der Waals surface area contributed by atoms with Crippen LogP contribution in [0.15, 0.2) is 0 Å². The van der Waals surface area contributed by atoms with E-state index in [2.05, 4.69) is 49.5 Å². The average Bonchev–Trinajstić information content (AvgIpc) is 4.11. The van der Waals surface area contributed by atoms with Crippen molar-refractivity contribution in [2.45, 2.75) is 228 Å². The first-order valence-electron chi connectivity index (χ1n) is 28.2. The number of aliphatic hydroxyl groups is 3. The molecule has 5 heterocycles. The van der Waals surface area contributed by atoms with Gasteiger partial charge in [0.05, 0.1) is 55.4 Å². The molecule has 15 heteroatoms. The van der Waals surface area contributed by atoms with Gasteiger partial charge in [0, 0.05) is 17.8 Å². The highest BCUT2D eigenvalue weighted by Gasteiger charge is 2.69. The van der Waals surface area contributed by atoms with Crippen LogP contribution in [0.25, 0.3) is 0 Å². The van der Waals surface area contributed by atoms with E-state index in [9.17, 15) is 33.7 Å². The maximum atomic E-state index is 14.9. The number of alkyl halides is 2. The Morgan fingerprint density at radius 2 is 0.956 bits per heavy atom. The van der Waals surface area contributed by atoms with Crippen LogP contribution in [0.4, 0.5) is 8.78 Å². The third kappa shape index (κ3) is 7.80. The van der Waals surface area contributed by atoms with Gasteiger partial charge in [-0.25, -0.2) is 8.78 Å². The molecule has 0 aromatic carbocycles. The van der Waals surface area contributed by atoms with Crippen molar-refractivity contribution < 1.29 is 33.7 Å². The molecule has 13 rings (SSSR count). The fourth-order valence-electron chi connectivity index (χ4n) is 19.5. The molecule has 11 N–H and O–H groups in total. The molecular formula is C53H86F2N8O5. The molecule has 382 valence electrons. The normalized spacial score (nSPS) is 56.9. The highest BCUT2D eigenvalue weighted by Crippen LogP contribution is 2.67. The zero-order valence-corrected chi connectivity index (χ0v) is 41.0. The Bertz CT molecular complexity index is 1810. The summed E-state index contributed by atoms with van der Waals surface area (Å²) in [4.78, 5) is 25.7. The number of halogens is 2. The summed E-state index contributed by atoms with van der Waals surface area (Å²) < 4.78 is 29.8. The molecule has 26 atom stereocenters. The van der Waals surface area contributed by atoms with Crippen LogP contribution in [0.1, 0.15) is 155 Å². The van der Waals surface area contributed by atoms with Crippen molar-refractivity contribution in [2.75, 3.05) is 6.61 Å². The minimum absolute atomic E-state index is 0.0154. The van der Waals surface area contributed by atoms with Gasteiger partial charge in [-0.05, 0) is 180 Å². The van der Waals surface area contributed by atoms with Crippen molar-refractivity contribution in [1.29, 1.82) is 0 Å². The predicted molar refractivity (Wildman–Crippen MR) is 253 cm³/mol. The van der Waals surface area contributed by atoms with Crippen molar-refractivity contribution in [1.82, 2.24) is 42.5 Å². The van der Waals surface area contributed by atoms with Gasteiger partial charge in [0.15, 0.2) is 5.78 Å². The first kappa shape index (κ1) is 47.7. The van der Waals surface area contributed by atoms with Crippen molar-refractivity contribution in [3.63, 3.8) is 0 Å². The monoisotopic (exact) mass is 953 g/mol. The second-order valence-electron chi connectivity index (χ2n) is 25.9. The van der Waals surface area contributed by atoms with E-state index in [4.69, 9.17) is 0 Å². The Balaban J connectivity index is 0.000000159. The molecule has 0 aromatic rings. The molecule has 8 aliphatic carbocycles. The summed E-state index contributed by atoms with van der Waals surface area (Å²) >= 11 is 0. The molecule has 5 saturated heterocycles. The predicted octanol–water partition coefficient (Wildman–Crippen LogP) is 4.36. The number of hydrogen-bond donors (Lipinski definition) is 11. The molecule has 0 spiro atoms. The van der Waals surface area contributed by atoms with E-state index in [-0.39, 0.29) is 90.8 Å². The summed E-state index contributed by atoms with van der Waals surface area (Å²) in [5.74, 6) is 4.22. The van der Waals surface area contributed by atoms with Gasteiger partial charge < -0.3 is 15.3 Å². The van der Waals surface area contributed by atoms with E-state index < -0.39 is 35.7 Å². The number of nitrogens with one attached hydrogen (secondary N) is 8. The molecule has 18 unspecified atom stereocenters. The zero-order valence-electron chi connectivity index (χ0n) is 41.0. The second-order valence-corrected chi connectivity index (χ2v) is 25.9. The minimum atomic E-state index is -1.58. The lowest BCUT2D eigenvalue weighted by Crippen LogP contribution is -2.62. The van der Waals surface area contributed by atoms with E-state index in [1.807, 2.05) is 6.92 Å². The molecule has 13 aliphatic rings. The van der Waals surface area contributed by atoms with E-state index in [0.29, 0.717) is 85.4 Å². The van der Waals surface area contributed by atoms with Gasteiger partial charge >= 0.3 is 0 Å². The van der Waals surface area contributed by atoms with Gasteiger partial charge in [-0.1, -0.05) is 39.5 Å². The van der Waals surface area contributed by atoms with E-state index >= 15 is 0 Å². The third-order valence-electron chi connectivity index (χ3n) is 22.9. The van der Waals surface area contributed by atoms with Crippen LogP contribution >= 0.6 is 0 Å². The van der Waals surface area contributed by atoms with Crippen LogP contribution in [-0.4, -0.2) is 107 Å². The smallest absolute Gasteiger partial charge is 0.190 e. The Kier molecular flexibility index (Phi) is 12.8. The van der Waals surface area contributed by atoms with Gasteiger partial charge in [-0.2, -0.15) is 0 Å². The summed E-state index contributed by atoms with van der Waals surface area (Å²) in [6, 6.07) is 0. The van der Waals surface area contributed by atoms with Crippen LogP contribution in [0.2, 0.25) is 0 Å². The Morgan fingerprint density at radius 1 is 0.544 bits per heavy atom. The van der Waals surface area contributed by atoms with Crippen LogP contribution in [0.5, 0.6) is 0 Å². The summed E-state index contributed by atoms with van der Waals surface area (Å²) in [7, 11) is 0. The standard InChI is InChI=1S/C32H54F2N8.C21H32O5/c33-15-9-11-21-23(13-15)32-40-28-20-8-4-2-6-18(20)26(36-28)38-30-22-12-10-16(34)14-24(22)31(42-30)39-27-19-7-3-1-5-17(19)25(35-27)37-29(21)41-32;1-19-7-5-13(23)9-12(19)3-4-14-15-6-8-21(26,17(25)11-22)20(15,2)10-16(24)18(14)19/h15-32,35-42H,1-14H2;12-15,18,22-23,26H,3-11H2,1-2H3/t;12-,13-,14+,15+,18-,19+,20+,21+/m.1/s1. The topological polar surface area (TPSA) is 191 Å². The van der Waals surface area contributed by atoms with E-state index in [1.165, 1.54) is 51.4 Å². The lowest BCUT2D eigenvalue weighted by molar-refractivity contribution is -0.180. The maximum Gasteiger partial charge on any atom is 0.190 e. The molecule has 8 saturated carbocycles. The van der Waals surface area contributed by atoms with Crippen molar-refractivity contribution in [3.05, 3.63) is 0 Å². The van der Waals surface area contributed by atoms with Gasteiger partial charge in [0.2, 0.25) is 0 Å². The minimum Gasteiger partial charge on any atom is -0.393 e. The highest BCUT2D eigenvalue weighted by molar-refractivity contribution is 5.92. The number of aliphatic hydroxyl groups excluding tert-OH is 2. The summed E-state index contributed by atoms with van der Waals surface area (Å²) in [5.41, 5.74) is -2.40. The average molecular weight is 953 g/mol. The number of Topliss-reactive ketones (excluding diaryl/α,β-unsaturated/α-hetero) is 2. The van der Waals surface area contributed by atoms with Gasteiger partial charge in [-0.3, -0.25) is 52.1 Å². The van der Waals surface area contributed by atoms with Crippen LogP contribution in [-0.2, 0) is 9.59 Å². The van der Waals surface area contributed by atoms with Crippen molar-refractivity contribution in [2.24, 2.45) is 81.8 Å². The molecule has 5 aliphatic heterocycles. The molecule has 0 radical (unpaired) electrons. The molecule has 13 fully saturated rings.